The second-order valence-corrected chi connectivity index (χ2v) is 4.41. The molecule has 94 valence electrons. The molecule has 2 rings (SSSR count). The average molecular weight is 268 g/mol. The van der Waals surface area contributed by atoms with Gasteiger partial charge in [0, 0.05) is 29.7 Å². The van der Waals surface area contributed by atoms with E-state index in [4.69, 9.17) is 11.6 Å². The van der Waals surface area contributed by atoms with E-state index >= 15 is 0 Å². The van der Waals surface area contributed by atoms with Crippen LogP contribution in [0.1, 0.15) is 11.1 Å². The van der Waals surface area contributed by atoms with Gasteiger partial charge in [0.15, 0.2) is 0 Å². The summed E-state index contributed by atoms with van der Waals surface area (Å²) in [5, 5.41) is 3.75. The quantitative estimate of drug-likeness (QED) is 0.886. The monoisotopic (exact) mass is 267 g/mol. The van der Waals surface area contributed by atoms with Crippen LogP contribution in [0.2, 0.25) is 5.02 Å². The van der Waals surface area contributed by atoms with Crippen molar-refractivity contribution in [3.05, 3.63) is 70.2 Å². The van der Waals surface area contributed by atoms with Gasteiger partial charge in [0.2, 0.25) is 0 Å². The van der Waals surface area contributed by atoms with Crippen LogP contribution in [-0.4, -0.2) is 0 Å². The van der Waals surface area contributed by atoms with E-state index in [9.17, 15) is 8.78 Å². The molecule has 0 heterocycles. The molecule has 0 bridgehead atoms. The Morgan fingerprint density at radius 2 is 1.83 bits per heavy atom. The highest BCUT2D eigenvalue weighted by Crippen LogP contribution is 2.12. The highest BCUT2D eigenvalue weighted by atomic mass is 35.5. The lowest BCUT2D eigenvalue weighted by Crippen LogP contribution is -2.13. The van der Waals surface area contributed by atoms with Crippen molar-refractivity contribution >= 4 is 11.6 Å². The summed E-state index contributed by atoms with van der Waals surface area (Å²) in [5.74, 6) is -1.10. The third kappa shape index (κ3) is 3.52. The van der Waals surface area contributed by atoms with E-state index in [1.807, 2.05) is 18.2 Å². The van der Waals surface area contributed by atoms with Crippen LogP contribution in [0.3, 0.4) is 0 Å². The normalized spacial score (nSPS) is 10.6. The van der Waals surface area contributed by atoms with Crippen LogP contribution in [0.5, 0.6) is 0 Å². The standard InChI is InChI=1S/C14H12ClF2N/c15-12-3-1-2-10(6-12)8-18-9-11-4-5-13(16)7-14(11)17/h1-7,18H,8-9H2. The molecule has 0 saturated carbocycles. The lowest BCUT2D eigenvalue weighted by molar-refractivity contribution is 0.560. The molecule has 0 radical (unpaired) electrons. The second kappa shape index (κ2) is 5.94. The molecule has 0 amide bonds. The molecule has 0 aliphatic rings. The van der Waals surface area contributed by atoms with Crippen molar-refractivity contribution < 1.29 is 8.78 Å². The molecule has 0 unspecified atom stereocenters. The fourth-order valence-corrected chi connectivity index (χ4v) is 1.87. The van der Waals surface area contributed by atoms with Gasteiger partial charge in [-0.05, 0) is 23.8 Å². The van der Waals surface area contributed by atoms with Crippen LogP contribution < -0.4 is 5.32 Å². The molecule has 0 aromatic heterocycles. The first kappa shape index (κ1) is 13.0. The highest BCUT2D eigenvalue weighted by Gasteiger charge is 2.03. The highest BCUT2D eigenvalue weighted by molar-refractivity contribution is 6.30. The first-order chi connectivity index (χ1) is 8.65. The number of nitrogens with one attached hydrogen (secondary N) is 1. The van der Waals surface area contributed by atoms with Crippen molar-refractivity contribution in [2.75, 3.05) is 0 Å². The van der Waals surface area contributed by atoms with Gasteiger partial charge in [-0.15, -0.1) is 0 Å². The number of rotatable bonds is 4. The molecule has 0 aliphatic carbocycles. The lowest BCUT2D eigenvalue weighted by Gasteiger charge is -2.06. The zero-order valence-corrected chi connectivity index (χ0v) is 10.3. The van der Waals surface area contributed by atoms with E-state index in [2.05, 4.69) is 5.32 Å². The van der Waals surface area contributed by atoms with E-state index in [-0.39, 0.29) is 0 Å². The molecule has 1 nitrogen and oxygen atoms in total. The number of hydrogen-bond acceptors (Lipinski definition) is 1. The predicted molar refractivity (Wildman–Crippen MR) is 68.4 cm³/mol. The molecule has 0 saturated heterocycles. The molecular weight excluding hydrogens is 256 g/mol. The van der Waals surface area contributed by atoms with Crippen molar-refractivity contribution in [3.63, 3.8) is 0 Å². The minimum Gasteiger partial charge on any atom is -0.309 e. The Bertz CT molecular complexity index is 543. The second-order valence-electron chi connectivity index (χ2n) is 3.97. The van der Waals surface area contributed by atoms with Crippen LogP contribution in [0.25, 0.3) is 0 Å². The third-order valence-corrected chi connectivity index (χ3v) is 2.78. The first-order valence-corrected chi connectivity index (χ1v) is 5.92. The van der Waals surface area contributed by atoms with Gasteiger partial charge in [-0.3, -0.25) is 0 Å². The number of hydrogen-bond donors (Lipinski definition) is 1. The van der Waals surface area contributed by atoms with Crippen molar-refractivity contribution in [1.29, 1.82) is 0 Å². The van der Waals surface area contributed by atoms with Crippen molar-refractivity contribution in [2.24, 2.45) is 0 Å². The maximum atomic E-state index is 13.3. The Kier molecular flexibility index (Phi) is 4.28. The van der Waals surface area contributed by atoms with Gasteiger partial charge in [-0.1, -0.05) is 29.8 Å². The Morgan fingerprint density at radius 3 is 2.56 bits per heavy atom. The molecule has 0 aliphatic heterocycles. The molecule has 1 N–H and O–H groups in total. The summed E-state index contributed by atoms with van der Waals surface area (Å²) in [5.41, 5.74) is 1.46. The van der Waals surface area contributed by atoms with E-state index < -0.39 is 11.6 Å². The van der Waals surface area contributed by atoms with Crippen LogP contribution in [0, 0.1) is 11.6 Å². The minimum atomic E-state index is -0.564. The fourth-order valence-electron chi connectivity index (χ4n) is 1.65. The molecule has 2 aromatic rings. The van der Waals surface area contributed by atoms with Crippen LogP contribution >= 0.6 is 11.6 Å². The molecule has 0 spiro atoms. The minimum absolute atomic E-state index is 0.346. The molecule has 2 aromatic carbocycles. The van der Waals surface area contributed by atoms with Gasteiger partial charge in [-0.25, -0.2) is 8.78 Å². The van der Waals surface area contributed by atoms with Gasteiger partial charge in [0.1, 0.15) is 11.6 Å². The zero-order chi connectivity index (χ0) is 13.0. The molecule has 4 heteroatoms. The van der Waals surface area contributed by atoms with Crippen molar-refractivity contribution in [3.8, 4) is 0 Å². The summed E-state index contributed by atoms with van der Waals surface area (Å²) in [6, 6.07) is 11.0. The van der Waals surface area contributed by atoms with E-state index in [0.717, 1.165) is 11.6 Å². The third-order valence-electron chi connectivity index (χ3n) is 2.55. The summed E-state index contributed by atoms with van der Waals surface area (Å²) in [7, 11) is 0. The Balaban J connectivity index is 1.92. The molecular formula is C14H12ClF2N. The first-order valence-electron chi connectivity index (χ1n) is 5.54. The summed E-state index contributed by atoms with van der Waals surface area (Å²) < 4.78 is 26.0. The van der Waals surface area contributed by atoms with E-state index in [1.54, 1.807) is 6.07 Å². The van der Waals surface area contributed by atoms with Crippen molar-refractivity contribution in [2.45, 2.75) is 13.1 Å². The molecule has 0 fully saturated rings. The van der Waals surface area contributed by atoms with E-state index in [0.29, 0.717) is 23.7 Å². The summed E-state index contributed by atoms with van der Waals surface area (Å²) in [4.78, 5) is 0. The Morgan fingerprint density at radius 1 is 1.00 bits per heavy atom. The largest absolute Gasteiger partial charge is 0.309 e. The van der Waals surface area contributed by atoms with Gasteiger partial charge in [0.25, 0.3) is 0 Å². The van der Waals surface area contributed by atoms with Gasteiger partial charge < -0.3 is 5.32 Å². The Hall–Kier alpha value is -1.45. The SMILES string of the molecule is Fc1ccc(CNCc2cccc(Cl)c2)c(F)c1. The van der Waals surface area contributed by atoms with Gasteiger partial charge >= 0.3 is 0 Å². The lowest BCUT2D eigenvalue weighted by atomic mass is 10.2. The smallest absolute Gasteiger partial charge is 0.130 e. The maximum Gasteiger partial charge on any atom is 0.130 e. The van der Waals surface area contributed by atoms with Crippen molar-refractivity contribution in [1.82, 2.24) is 5.32 Å². The van der Waals surface area contributed by atoms with E-state index in [1.165, 1.54) is 12.1 Å². The summed E-state index contributed by atoms with van der Waals surface area (Å²) in [6.45, 7) is 0.927. The van der Waals surface area contributed by atoms with Crippen LogP contribution in [-0.2, 0) is 13.1 Å². The summed E-state index contributed by atoms with van der Waals surface area (Å²) >= 11 is 5.85. The zero-order valence-electron chi connectivity index (χ0n) is 9.59. The van der Waals surface area contributed by atoms with Gasteiger partial charge in [-0.2, -0.15) is 0 Å². The average Bonchev–Trinajstić information content (AvgIpc) is 2.32. The Labute approximate surface area is 109 Å². The predicted octanol–water partition coefficient (Wildman–Crippen LogP) is 3.91. The number of halogens is 3. The van der Waals surface area contributed by atoms with Crippen LogP contribution in [0.15, 0.2) is 42.5 Å². The molecule has 18 heavy (non-hydrogen) atoms. The molecule has 0 atom stereocenters. The van der Waals surface area contributed by atoms with Crippen LogP contribution in [0.4, 0.5) is 8.78 Å². The maximum absolute atomic E-state index is 13.3. The topological polar surface area (TPSA) is 12.0 Å². The fraction of sp³-hybridized carbons (Fsp3) is 0.143. The number of benzene rings is 2. The van der Waals surface area contributed by atoms with Gasteiger partial charge in [0.05, 0.1) is 0 Å². The summed E-state index contributed by atoms with van der Waals surface area (Å²) in [6.07, 6.45) is 0.